The largest absolute Gasteiger partial charge is 0.368 e. The van der Waals surface area contributed by atoms with E-state index in [1.807, 2.05) is 0 Å². The molecule has 0 bridgehead atoms. The summed E-state index contributed by atoms with van der Waals surface area (Å²) in [4.78, 5) is 13.5. The number of rotatable bonds is 3. The quantitative estimate of drug-likeness (QED) is 0.769. The number of sulfone groups is 1. The third-order valence-electron chi connectivity index (χ3n) is 3.15. The number of amides is 1. The van der Waals surface area contributed by atoms with Crippen LogP contribution in [0.25, 0.3) is 0 Å². The molecule has 19 heavy (non-hydrogen) atoms. The summed E-state index contributed by atoms with van der Waals surface area (Å²) in [7, 11) is -3.35. The molecule has 1 saturated heterocycles. The molecule has 1 aromatic carbocycles. The van der Waals surface area contributed by atoms with Crippen LogP contribution >= 0.6 is 0 Å². The summed E-state index contributed by atoms with van der Waals surface area (Å²) >= 11 is 0. The molecule has 1 aliphatic rings. The predicted molar refractivity (Wildman–Crippen MR) is 72.7 cm³/mol. The minimum Gasteiger partial charge on any atom is -0.368 e. The van der Waals surface area contributed by atoms with Crippen molar-refractivity contribution < 1.29 is 13.2 Å². The summed E-state index contributed by atoms with van der Waals surface area (Å²) in [5, 5.41) is 3.08. The van der Waals surface area contributed by atoms with E-state index in [0.717, 1.165) is 6.26 Å². The fourth-order valence-electron chi connectivity index (χ4n) is 2.25. The maximum absolute atomic E-state index is 11.8. The molecular formula is C12H17N3O3S. The van der Waals surface area contributed by atoms with Crippen LogP contribution in [0, 0.1) is 0 Å². The van der Waals surface area contributed by atoms with E-state index in [0.29, 0.717) is 25.3 Å². The van der Waals surface area contributed by atoms with Crippen LogP contribution in [0.3, 0.4) is 0 Å². The molecule has 1 unspecified atom stereocenters. The van der Waals surface area contributed by atoms with Crippen molar-refractivity contribution in [1.29, 1.82) is 0 Å². The first-order valence-corrected chi connectivity index (χ1v) is 7.86. The number of carbonyl (C=O) groups excluding carboxylic acids is 1. The highest BCUT2D eigenvalue weighted by molar-refractivity contribution is 7.90. The SMILES string of the molecule is CS(=O)(=O)c1ccccc1N1CCNCC1C(N)=O. The zero-order valence-electron chi connectivity index (χ0n) is 10.7. The topological polar surface area (TPSA) is 92.5 Å². The van der Waals surface area contributed by atoms with Gasteiger partial charge in [-0.15, -0.1) is 0 Å². The van der Waals surface area contributed by atoms with Crippen molar-refractivity contribution in [3.05, 3.63) is 24.3 Å². The summed E-state index contributed by atoms with van der Waals surface area (Å²) in [6.45, 7) is 1.65. The van der Waals surface area contributed by atoms with E-state index in [2.05, 4.69) is 5.32 Å². The number of nitrogens with one attached hydrogen (secondary N) is 1. The number of anilines is 1. The number of para-hydroxylation sites is 1. The van der Waals surface area contributed by atoms with Gasteiger partial charge in [-0.1, -0.05) is 12.1 Å². The van der Waals surface area contributed by atoms with Crippen molar-refractivity contribution in [1.82, 2.24) is 5.32 Å². The third-order valence-corrected chi connectivity index (χ3v) is 4.29. The molecule has 1 heterocycles. The van der Waals surface area contributed by atoms with Gasteiger partial charge in [-0.3, -0.25) is 4.79 Å². The maximum atomic E-state index is 11.8. The van der Waals surface area contributed by atoms with Crippen molar-refractivity contribution in [2.24, 2.45) is 5.73 Å². The molecule has 7 heteroatoms. The number of primary amides is 1. The average molecular weight is 283 g/mol. The van der Waals surface area contributed by atoms with Crippen molar-refractivity contribution in [2.45, 2.75) is 10.9 Å². The lowest BCUT2D eigenvalue weighted by molar-refractivity contribution is -0.119. The first kappa shape index (κ1) is 13.8. The van der Waals surface area contributed by atoms with Crippen LogP contribution in [-0.2, 0) is 14.6 Å². The van der Waals surface area contributed by atoms with Gasteiger partial charge >= 0.3 is 0 Å². The van der Waals surface area contributed by atoms with Crippen LogP contribution in [0.2, 0.25) is 0 Å². The van der Waals surface area contributed by atoms with E-state index < -0.39 is 21.8 Å². The standard InChI is InChI=1S/C12H17N3O3S/c1-19(17,18)11-5-3-2-4-9(11)15-7-6-14-8-10(15)12(13)16/h2-5,10,14H,6-8H2,1H3,(H2,13,16). The molecule has 1 aromatic rings. The van der Waals surface area contributed by atoms with Gasteiger partial charge in [0.2, 0.25) is 5.91 Å². The molecule has 3 N–H and O–H groups in total. The number of nitrogens with two attached hydrogens (primary N) is 1. The molecule has 104 valence electrons. The number of nitrogens with zero attached hydrogens (tertiary/aromatic N) is 1. The molecule has 2 rings (SSSR count). The Morgan fingerprint density at radius 1 is 1.42 bits per heavy atom. The molecule has 6 nitrogen and oxygen atoms in total. The summed E-state index contributed by atoms with van der Waals surface area (Å²) in [6, 6.07) is 6.14. The van der Waals surface area contributed by atoms with E-state index in [1.54, 1.807) is 29.2 Å². The highest BCUT2D eigenvalue weighted by Crippen LogP contribution is 2.27. The normalized spacial score (nSPS) is 20.3. The second-order valence-corrected chi connectivity index (χ2v) is 6.54. The van der Waals surface area contributed by atoms with Crippen LogP contribution in [-0.4, -0.2) is 46.3 Å². The smallest absolute Gasteiger partial charge is 0.241 e. The average Bonchev–Trinajstić information content (AvgIpc) is 2.37. The van der Waals surface area contributed by atoms with Gasteiger partial charge in [-0.05, 0) is 12.1 Å². The van der Waals surface area contributed by atoms with Crippen molar-refractivity contribution in [2.75, 3.05) is 30.8 Å². The van der Waals surface area contributed by atoms with Crippen molar-refractivity contribution in [3.8, 4) is 0 Å². The fraction of sp³-hybridized carbons (Fsp3) is 0.417. The Balaban J connectivity index is 2.48. The zero-order valence-corrected chi connectivity index (χ0v) is 11.5. The van der Waals surface area contributed by atoms with E-state index in [9.17, 15) is 13.2 Å². The Hall–Kier alpha value is -1.60. The van der Waals surface area contributed by atoms with Gasteiger partial charge in [0.25, 0.3) is 0 Å². The molecule has 1 fully saturated rings. The maximum Gasteiger partial charge on any atom is 0.241 e. The lowest BCUT2D eigenvalue weighted by Gasteiger charge is -2.36. The minimum absolute atomic E-state index is 0.225. The van der Waals surface area contributed by atoms with Gasteiger partial charge in [-0.25, -0.2) is 8.42 Å². The first-order chi connectivity index (χ1) is 8.91. The number of hydrogen-bond acceptors (Lipinski definition) is 5. The van der Waals surface area contributed by atoms with E-state index >= 15 is 0 Å². The Bertz CT molecular complexity index is 586. The predicted octanol–water partition coefficient (Wildman–Crippen LogP) is -0.646. The van der Waals surface area contributed by atoms with Gasteiger partial charge in [0, 0.05) is 25.9 Å². The third kappa shape index (κ3) is 2.87. The van der Waals surface area contributed by atoms with Crippen molar-refractivity contribution >= 4 is 21.4 Å². The molecule has 1 amide bonds. The Labute approximate surface area is 112 Å². The van der Waals surface area contributed by atoms with Crippen LogP contribution in [0.1, 0.15) is 0 Å². The van der Waals surface area contributed by atoms with E-state index in [4.69, 9.17) is 5.73 Å². The Kier molecular flexibility index (Phi) is 3.77. The lowest BCUT2D eigenvalue weighted by atomic mass is 10.1. The number of hydrogen-bond donors (Lipinski definition) is 2. The Morgan fingerprint density at radius 2 is 2.11 bits per heavy atom. The summed E-state index contributed by atoms with van der Waals surface area (Å²) in [5.41, 5.74) is 5.92. The van der Waals surface area contributed by atoms with Gasteiger partial charge in [0.1, 0.15) is 6.04 Å². The monoisotopic (exact) mass is 283 g/mol. The zero-order chi connectivity index (χ0) is 14.0. The highest BCUT2D eigenvalue weighted by atomic mass is 32.2. The Morgan fingerprint density at radius 3 is 2.74 bits per heavy atom. The highest BCUT2D eigenvalue weighted by Gasteiger charge is 2.29. The summed E-state index contributed by atoms with van der Waals surface area (Å²) < 4.78 is 23.6. The van der Waals surface area contributed by atoms with Gasteiger partial charge in [0.15, 0.2) is 9.84 Å². The minimum atomic E-state index is -3.35. The molecule has 0 aromatic heterocycles. The molecule has 0 spiro atoms. The fourth-order valence-corrected chi connectivity index (χ4v) is 3.15. The second kappa shape index (κ2) is 5.18. The van der Waals surface area contributed by atoms with Gasteiger partial charge in [-0.2, -0.15) is 0 Å². The van der Waals surface area contributed by atoms with E-state index in [-0.39, 0.29) is 4.90 Å². The van der Waals surface area contributed by atoms with Crippen LogP contribution in [0.15, 0.2) is 29.2 Å². The van der Waals surface area contributed by atoms with Crippen molar-refractivity contribution in [3.63, 3.8) is 0 Å². The molecule has 1 atom stereocenters. The number of benzene rings is 1. The van der Waals surface area contributed by atoms with Crippen LogP contribution in [0.4, 0.5) is 5.69 Å². The molecule has 1 aliphatic heterocycles. The molecule has 0 radical (unpaired) electrons. The van der Waals surface area contributed by atoms with Gasteiger partial charge in [0.05, 0.1) is 10.6 Å². The molecule has 0 saturated carbocycles. The molecule has 0 aliphatic carbocycles. The van der Waals surface area contributed by atoms with Crippen LogP contribution in [0.5, 0.6) is 0 Å². The van der Waals surface area contributed by atoms with E-state index in [1.165, 1.54) is 0 Å². The first-order valence-electron chi connectivity index (χ1n) is 5.97. The van der Waals surface area contributed by atoms with Crippen LogP contribution < -0.4 is 16.0 Å². The second-order valence-electron chi connectivity index (χ2n) is 4.56. The number of piperazine rings is 1. The van der Waals surface area contributed by atoms with Gasteiger partial charge < -0.3 is 16.0 Å². The summed E-state index contributed by atoms with van der Waals surface area (Å²) in [5.74, 6) is -0.462. The summed E-state index contributed by atoms with van der Waals surface area (Å²) in [6.07, 6.45) is 1.16. The molecular weight excluding hydrogens is 266 g/mol. The lowest BCUT2D eigenvalue weighted by Crippen LogP contribution is -2.57. The number of carbonyl (C=O) groups is 1.